The average Bonchev–Trinajstić information content (AvgIpc) is 2.62. The molecule has 4 heteroatoms. The van der Waals surface area contributed by atoms with Crippen LogP contribution in [0.4, 0.5) is 0 Å². The fraction of sp³-hybridized carbons (Fsp3) is 0.0500. The van der Waals surface area contributed by atoms with Gasteiger partial charge in [0.2, 0.25) is 0 Å². The van der Waals surface area contributed by atoms with Gasteiger partial charge in [0, 0.05) is 10.0 Å². The quantitative estimate of drug-likeness (QED) is 0.520. The van der Waals surface area contributed by atoms with E-state index in [-0.39, 0.29) is 0 Å². The van der Waals surface area contributed by atoms with E-state index in [9.17, 15) is 4.79 Å². The van der Waals surface area contributed by atoms with Crippen molar-refractivity contribution in [3.05, 3.63) is 87.9 Å². The molecule has 0 unspecified atom stereocenters. The van der Waals surface area contributed by atoms with E-state index in [1.807, 2.05) is 66.7 Å². The van der Waals surface area contributed by atoms with Crippen molar-refractivity contribution in [2.45, 2.75) is 6.61 Å². The van der Waals surface area contributed by atoms with Gasteiger partial charge in [-0.25, -0.2) is 0 Å². The van der Waals surface area contributed by atoms with Crippen molar-refractivity contribution in [1.82, 2.24) is 0 Å². The van der Waals surface area contributed by atoms with Crippen LogP contribution in [-0.2, 0) is 6.61 Å². The molecule has 0 saturated heterocycles. The lowest BCUT2D eigenvalue weighted by molar-refractivity contribution is 0.111. The molecule has 0 bridgehead atoms. The molecule has 3 aromatic rings. The first kappa shape index (κ1) is 16.6. The molecule has 3 rings (SSSR count). The minimum atomic E-state index is 0.373. The number of hydrogen-bond donors (Lipinski definition) is 0. The van der Waals surface area contributed by atoms with E-state index in [2.05, 4.69) is 0 Å². The lowest BCUT2D eigenvalue weighted by Gasteiger charge is -2.10. The summed E-state index contributed by atoms with van der Waals surface area (Å²) in [5.74, 6) is 0.553. The Hall–Kier alpha value is -2.29. The average molecular weight is 357 g/mol. The molecule has 0 spiro atoms. The molecular formula is C20H14Cl2O2. The van der Waals surface area contributed by atoms with Crippen LogP contribution in [0, 0.1) is 0 Å². The van der Waals surface area contributed by atoms with Crippen molar-refractivity contribution in [3.63, 3.8) is 0 Å². The van der Waals surface area contributed by atoms with Gasteiger partial charge in [-0.3, -0.25) is 4.79 Å². The van der Waals surface area contributed by atoms with E-state index in [4.69, 9.17) is 27.9 Å². The Kier molecular flexibility index (Phi) is 5.19. The van der Waals surface area contributed by atoms with Crippen LogP contribution in [0.1, 0.15) is 15.9 Å². The molecule has 0 amide bonds. The zero-order valence-electron chi connectivity index (χ0n) is 12.7. The molecule has 0 aromatic heterocycles. The van der Waals surface area contributed by atoms with Crippen LogP contribution in [0.3, 0.4) is 0 Å². The highest BCUT2D eigenvalue weighted by Crippen LogP contribution is 2.27. The minimum absolute atomic E-state index is 0.373. The van der Waals surface area contributed by atoms with E-state index < -0.39 is 0 Å². The monoisotopic (exact) mass is 356 g/mol. The zero-order valence-corrected chi connectivity index (χ0v) is 14.2. The van der Waals surface area contributed by atoms with E-state index in [1.54, 1.807) is 0 Å². The zero-order chi connectivity index (χ0) is 16.9. The third kappa shape index (κ3) is 3.97. The van der Waals surface area contributed by atoms with Gasteiger partial charge in [-0.1, -0.05) is 53.5 Å². The number of ether oxygens (including phenoxy) is 1. The normalized spacial score (nSPS) is 10.4. The summed E-state index contributed by atoms with van der Waals surface area (Å²) in [6, 6.07) is 20.4. The third-order valence-electron chi connectivity index (χ3n) is 3.62. The van der Waals surface area contributed by atoms with Gasteiger partial charge in [0.05, 0.1) is 5.56 Å². The SMILES string of the molecule is O=Cc1cc(-c2ccc(Cl)cc2)ccc1OCc1ccc(Cl)cc1. The standard InChI is InChI=1S/C20H14Cl2O2/c21-18-6-1-14(2-7-18)13-24-20-10-5-16(11-17(20)12-23)15-3-8-19(22)9-4-15/h1-12H,13H2. The second-order valence-corrected chi connectivity index (χ2v) is 6.17. The summed E-state index contributed by atoms with van der Waals surface area (Å²) in [7, 11) is 0. The van der Waals surface area contributed by atoms with Gasteiger partial charge in [0.25, 0.3) is 0 Å². The molecule has 0 fully saturated rings. The maximum absolute atomic E-state index is 11.4. The fourth-order valence-electron chi connectivity index (χ4n) is 2.34. The Bertz CT molecular complexity index is 841. The molecule has 0 N–H and O–H groups in total. The highest BCUT2D eigenvalue weighted by Gasteiger charge is 2.07. The molecule has 2 nitrogen and oxygen atoms in total. The smallest absolute Gasteiger partial charge is 0.153 e. The lowest BCUT2D eigenvalue weighted by atomic mass is 10.0. The van der Waals surface area contributed by atoms with Crippen LogP contribution >= 0.6 is 23.2 Å². The summed E-state index contributed by atoms with van der Waals surface area (Å²) >= 11 is 11.8. The maximum Gasteiger partial charge on any atom is 0.153 e. The number of halogens is 2. The Balaban J connectivity index is 1.80. The van der Waals surface area contributed by atoms with Crippen molar-refractivity contribution >= 4 is 29.5 Å². The Morgan fingerprint density at radius 2 is 1.38 bits per heavy atom. The van der Waals surface area contributed by atoms with Gasteiger partial charge in [0.15, 0.2) is 6.29 Å². The van der Waals surface area contributed by atoms with Crippen LogP contribution in [0.15, 0.2) is 66.7 Å². The summed E-state index contributed by atoms with van der Waals surface area (Å²) in [6.07, 6.45) is 0.802. The molecule has 0 aliphatic rings. The maximum atomic E-state index is 11.4. The first-order chi connectivity index (χ1) is 11.7. The second kappa shape index (κ2) is 7.52. The summed E-state index contributed by atoms with van der Waals surface area (Å²) in [5.41, 5.74) is 3.42. The highest BCUT2D eigenvalue weighted by atomic mass is 35.5. The van der Waals surface area contributed by atoms with Crippen LogP contribution in [0.2, 0.25) is 10.0 Å². The molecule has 0 radical (unpaired) electrons. The van der Waals surface area contributed by atoms with Gasteiger partial charge < -0.3 is 4.74 Å². The predicted octanol–water partition coefficient (Wildman–Crippen LogP) is 6.05. The summed E-state index contributed by atoms with van der Waals surface area (Å²) in [6.45, 7) is 0.373. The fourth-order valence-corrected chi connectivity index (χ4v) is 2.59. The van der Waals surface area contributed by atoms with E-state index >= 15 is 0 Å². The van der Waals surface area contributed by atoms with Crippen LogP contribution in [0.5, 0.6) is 5.75 Å². The van der Waals surface area contributed by atoms with E-state index in [1.165, 1.54) is 0 Å². The number of aldehydes is 1. The van der Waals surface area contributed by atoms with Crippen LogP contribution < -0.4 is 4.74 Å². The molecule has 0 heterocycles. The van der Waals surface area contributed by atoms with E-state index in [0.29, 0.717) is 28.0 Å². The van der Waals surface area contributed by atoms with Gasteiger partial charge in [-0.05, 0) is 53.1 Å². The summed E-state index contributed by atoms with van der Waals surface area (Å²) < 4.78 is 5.77. The Labute approximate surface area is 150 Å². The number of rotatable bonds is 5. The van der Waals surface area contributed by atoms with Gasteiger partial charge in [-0.15, -0.1) is 0 Å². The van der Waals surface area contributed by atoms with Crippen molar-refractivity contribution in [1.29, 1.82) is 0 Å². The van der Waals surface area contributed by atoms with Gasteiger partial charge in [0.1, 0.15) is 12.4 Å². The predicted molar refractivity (Wildman–Crippen MR) is 98.1 cm³/mol. The number of hydrogen-bond acceptors (Lipinski definition) is 2. The minimum Gasteiger partial charge on any atom is -0.488 e. The molecule has 120 valence electrons. The molecule has 0 aliphatic heterocycles. The summed E-state index contributed by atoms with van der Waals surface area (Å²) in [5, 5.41) is 1.36. The molecule has 0 aliphatic carbocycles. The Morgan fingerprint density at radius 1 is 0.792 bits per heavy atom. The second-order valence-electron chi connectivity index (χ2n) is 5.29. The van der Waals surface area contributed by atoms with Crippen LogP contribution in [0.25, 0.3) is 11.1 Å². The number of carbonyl (C=O) groups excluding carboxylic acids is 1. The van der Waals surface area contributed by atoms with Gasteiger partial charge in [-0.2, -0.15) is 0 Å². The van der Waals surface area contributed by atoms with Crippen molar-refractivity contribution < 1.29 is 9.53 Å². The largest absolute Gasteiger partial charge is 0.488 e. The first-order valence-electron chi connectivity index (χ1n) is 7.38. The number of benzene rings is 3. The van der Waals surface area contributed by atoms with Crippen LogP contribution in [-0.4, -0.2) is 6.29 Å². The van der Waals surface area contributed by atoms with Crippen molar-refractivity contribution in [2.75, 3.05) is 0 Å². The molecule has 3 aromatic carbocycles. The highest BCUT2D eigenvalue weighted by molar-refractivity contribution is 6.30. The van der Waals surface area contributed by atoms with Gasteiger partial charge >= 0.3 is 0 Å². The van der Waals surface area contributed by atoms with E-state index in [0.717, 1.165) is 23.0 Å². The molecule has 24 heavy (non-hydrogen) atoms. The molecule has 0 atom stereocenters. The Morgan fingerprint density at radius 3 is 2.00 bits per heavy atom. The topological polar surface area (TPSA) is 26.3 Å². The lowest BCUT2D eigenvalue weighted by Crippen LogP contribution is -1.98. The van der Waals surface area contributed by atoms with Crippen molar-refractivity contribution in [2.24, 2.45) is 0 Å². The summed E-state index contributed by atoms with van der Waals surface area (Å²) in [4.78, 5) is 11.4. The molecular weight excluding hydrogens is 343 g/mol. The number of carbonyl (C=O) groups is 1. The first-order valence-corrected chi connectivity index (χ1v) is 8.14. The molecule has 0 saturated carbocycles. The van der Waals surface area contributed by atoms with Crippen molar-refractivity contribution in [3.8, 4) is 16.9 Å². The third-order valence-corrected chi connectivity index (χ3v) is 4.13.